The quantitative estimate of drug-likeness (QED) is 0.822. The Balaban J connectivity index is 2.19. The van der Waals surface area contributed by atoms with E-state index < -0.39 is 11.6 Å². The zero-order valence-corrected chi connectivity index (χ0v) is 11.6. The molecular formula is C14H11Cl2F2N. The van der Waals surface area contributed by atoms with Crippen LogP contribution in [0.3, 0.4) is 0 Å². The standard InChI is InChI=1S/C14H11Cl2F2N/c1-8-2-3-9(11(15)4-8)7-19-14-12(16)5-10(17)6-13(14)18/h2-6,19H,7H2,1H3. The molecule has 0 heterocycles. The van der Waals surface area contributed by atoms with E-state index in [1.54, 1.807) is 0 Å². The molecule has 100 valence electrons. The Morgan fingerprint density at radius 1 is 1.05 bits per heavy atom. The largest absolute Gasteiger partial charge is 0.377 e. The molecule has 2 aromatic rings. The minimum atomic E-state index is -0.728. The highest BCUT2D eigenvalue weighted by Crippen LogP contribution is 2.27. The van der Waals surface area contributed by atoms with Gasteiger partial charge in [-0.3, -0.25) is 0 Å². The third-order valence-electron chi connectivity index (χ3n) is 2.67. The van der Waals surface area contributed by atoms with Crippen molar-refractivity contribution >= 4 is 28.9 Å². The third-order valence-corrected chi connectivity index (χ3v) is 3.32. The van der Waals surface area contributed by atoms with Crippen molar-refractivity contribution in [2.24, 2.45) is 0 Å². The molecular weight excluding hydrogens is 291 g/mol. The van der Waals surface area contributed by atoms with Crippen molar-refractivity contribution in [3.05, 3.63) is 63.1 Å². The Morgan fingerprint density at radius 2 is 1.79 bits per heavy atom. The lowest BCUT2D eigenvalue weighted by atomic mass is 10.1. The van der Waals surface area contributed by atoms with Crippen LogP contribution in [0.2, 0.25) is 10.0 Å². The molecule has 2 aromatic carbocycles. The van der Waals surface area contributed by atoms with Gasteiger partial charge in [0.2, 0.25) is 0 Å². The number of halogens is 4. The van der Waals surface area contributed by atoms with Crippen LogP contribution in [0.1, 0.15) is 11.1 Å². The van der Waals surface area contributed by atoms with Crippen LogP contribution in [-0.2, 0) is 6.54 Å². The molecule has 1 N–H and O–H groups in total. The first kappa shape index (κ1) is 14.1. The molecule has 0 fully saturated rings. The summed E-state index contributed by atoms with van der Waals surface area (Å²) in [6.07, 6.45) is 0. The minimum absolute atomic E-state index is 0.000680. The van der Waals surface area contributed by atoms with Crippen LogP contribution in [0.4, 0.5) is 14.5 Å². The number of hydrogen-bond acceptors (Lipinski definition) is 1. The zero-order chi connectivity index (χ0) is 14.0. The molecule has 0 radical (unpaired) electrons. The number of anilines is 1. The maximum Gasteiger partial charge on any atom is 0.150 e. The molecule has 0 saturated heterocycles. The SMILES string of the molecule is Cc1ccc(CNc2c(F)cc(F)cc2Cl)c(Cl)c1. The highest BCUT2D eigenvalue weighted by molar-refractivity contribution is 6.33. The Hall–Kier alpha value is -1.32. The summed E-state index contributed by atoms with van der Waals surface area (Å²) in [6, 6.07) is 7.42. The number of rotatable bonds is 3. The highest BCUT2D eigenvalue weighted by atomic mass is 35.5. The lowest BCUT2D eigenvalue weighted by Crippen LogP contribution is -2.03. The van der Waals surface area contributed by atoms with Crippen LogP contribution in [0.5, 0.6) is 0 Å². The Labute approximate surface area is 120 Å². The summed E-state index contributed by atoms with van der Waals surface area (Å²) in [4.78, 5) is 0. The lowest BCUT2D eigenvalue weighted by Gasteiger charge is -2.11. The number of benzene rings is 2. The van der Waals surface area contributed by atoms with Gasteiger partial charge in [-0.2, -0.15) is 0 Å². The average molecular weight is 302 g/mol. The maximum atomic E-state index is 13.6. The van der Waals surface area contributed by atoms with E-state index in [-0.39, 0.29) is 10.7 Å². The molecule has 0 spiro atoms. The average Bonchev–Trinajstić information content (AvgIpc) is 2.30. The van der Waals surface area contributed by atoms with Gasteiger partial charge in [0.25, 0.3) is 0 Å². The van der Waals surface area contributed by atoms with Gasteiger partial charge in [-0.15, -0.1) is 0 Å². The maximum absolute atomic E-state index is 13.6. The molecule has 19 heavy (non-hydrogen) atoms. The van der Waals surface area contributed by atoms with Crippen molar-refractivity contribution in [2.45, 2.75) is 13.5 Å². The molecule has 0 atom stereocenters. The van der Waals surface area contributed by atoms with Gasteiger partial charge in [0.15, 0.2) is 5.82 Å². The molecule has 0 aliphatic heterocycles. The van der Waals surface area contributed by atoms with Crippen LogP contribution < -0.4 is 5.32 Å². The lowest BCUT2D eigenvalue weighted by molar-refractivity contribution is 0.585. The van der Waals surface area contributed by atoms with E-state index in [1.165, 1.54) is 0 Å². The van der Waals surface area contributed by atoms with E-state index in [9.17, 15) is 8.78 Å². The molecule has 0 amide bonds. The topological polar surface area (TPSA) is 12.0 Å². The Kier molecular flexibility index (Phi) is 4.27. The highest BCUT2D eigenvalue weighted by Gasteiger charge is 2.10. The van der Waals surface area contributed by atoms with Crippen molar-refractivity contribution in [2.75, 3.05) is 5.32 Å². The predicted octanol–water partition coefficient (Wildman–Crippen LogP) is 5.19. The summed E-state index contributed by atoms with van der Waals surface area (Å²) in [6.45, 7) is 2.24. The predicted molar refractivity (Wildman–Crippen MR) is 74.9 cm³/mol. The summed E-state index contributed by atoms with van der Waals surface area (Å²) in [5, 5.41) is 3.42. The first-order valence-corrected chi connectivity index (χ1v) is 6.36. The second kappa shape index (κ2) is 5.76. The van der Waals surface area contributed by atoms with E-state index in [1.807, 2.05) is 25.1 Å². The fraction of sp³-hybridized carbons (Fsp3) is 0.143. The van der Waals surface area contributed by atoms with Crippen LogP contribution in [0.25, 0.3) is 0 Å². The first-order valence-electron chi connectivity index (χ1n) is 5.61. The fourth-order valence-corrected chi connectivity index (χ4v) is 2.25. The molecule has 0 unspecified atom stereocenters. The number of nitrogens with one attached hydrogen (secondary N) is 1. The van der Waals surface area contributed by atoms with Crippen molar-refractivity contribution in [1.29, 1.82) is 0 Å². The molecule has 0 aliphatic rings. The Bertz CT molecular complexity index is 591. The molecule has 0 aliphatic carbocycles. The van der Waals surface area contributed by atoms with Crippen molar-refractivity contribution in [1.82, 2.24) is 0 Å². The number of hydrogen-bond donors (Lipinski definition) is 1. The van der Waals surface area contributed by atoms with E-state index in [4.69, 9.17) is 23.2 Å². The van der Waals surface area contributed by atoms with Gasteiger partial charge < -0.3 is 5.32 Å². The van der Waals surface area contributed by atoms with Gasteiger partial charge in [-0.25, -0.2) is 8.78 Å². The van der Waals surface area contributed by atoms with Gasteiger partial charge in [-0.1, -0.05) is 35.3 Å². The molecule has 0 bridgehead atoms. The van der Waals surface area contributed by atoms with Gasteiger partial charge in [-0.05, 0) is 30.2 Å². The number of aryl methyl sites for hydroxylation is 1. The van der Waals surface area contributed by atoms with Crippen molar-refractivity contribution in [3.63, 3.8) is 0 Å². The molecule has 1 nitrogen and oxygen atoms in total. The smallest absolute Gasteiger partial charge is 0.150 e. The summed E-state index contributed by atoms with van der Waals surface area (Å²) in [7, 11) is 0. The normalized spacial score (nSPS) is 10.6. The van der Waals surface area contributed by atoms with Gasteiger partial charge in [0, 0.05) is 17.6 Å². The molecule has 0 saturated carbocycles. The minimum Gasteiger partial charge on any atom is -0.377 e. The summed E-state index contributed by atoms with van der Waals surface area (Å²) in [5.74, 6) is -1.44. The molecule has 2 rings (SSSR count). The van der Waals surface area contributed by atoms with E-state index in [0.29, 0.717) is 11.6 Å². The van der Waals surface area contributed by atoms with E-state index in [2.05, 4.69) is 5.32 Å². The van der Waals surface area contributed by atoms with Crippen LogP contribution in [-0.4, -0.2) is 0 Å². The van der Waals surface area contributed by atoms with Crippen LogP contribution in [0, 0.1) is 18.6 Å². The summed E-state index contributed by atoms with van der Waals surface area (Å²) < 4.78 is 26.5. The fourth-order valence-electron chi connectivity index (χ4n) is 1.69. The second-order valence-electron chi connectivity index (χ2n) is 4.19. The first-order chi connectivity index (χ1) is 8.97. The zero-order valence-electron chi connectivity index (χ0n) is 10.1. The van der Waals surface area contributed by atoms with E-state index in [0.717, 1.165) is 23.3 Å². The summed E-state index contributed by atoms with van der Waals surface area (Å²) >= 11 is 11.9. The van der Waals surface area contributed by atoms with Gasteiger partial charge in [0.1, 0.15) is 5.82 Å². The van der Waals surface area contributed by atoms with Crippen LogP contribution >= 0.6 is 23.2 Å². The van der Waals surface area contributed by atoms with Crippen molar-refractivity contribution in [3.8, 4) is 0 Å². The van der Waals surface area contributed by atoms with Gasteiger partial charge in [0.05, 0.1) is 10.7 Å². The summed E-state index contributed by atoms with van der Waals surface area (Å²) in [5.41, 5.74) is 1.92. The molecule has 0 aromatic heterocycles. The van der Waals surface area contributed by atoms with Gasteiger partial charge >= 0.3 is 0 Å². The van der Waals surface area contributed by atoms with E-state index >= 15 is 0 Å². The molecule has 5 heteroatoms. The van der Waals surface area contributed by atoms with Crippen LogP contribution in [0.15, 0.2) is 30.3 Å². The Morgan fingerprint density at radius 3 is 2.42 bits per heavy atom. The van der Waals surface area contributed by atoms with Crippen molar-refractivity contribution < 1.29 is 8.78 Å². The second-order valence-corrected chi connectivity index (χ2v) is 5.01. The third kappa shape index (κ3) is 3.37. The monoisotopic (exact) mass is 301 g/mol.